The van der Waals surface area contributed by atoms with Crippen LogP contribution in [0.4, 0.5) is 0 Å². The Morgan fingerprint density at radius 1 is 1.29 bits per heavy atom. The molecule has 4 nitrogen and oxygen atoms in total. The number of rotatable bonds is 3. The lowest BCUT2D eigenvalue weighted by Crippen LogP contribution is -2.13. The number of nitrogens with two attached hydrogens (primary N) is 1. The summed E-state index contributed by atoms with van der Waals surface area (Å²) in [6.45, 7) is 0. The fourth-order valence-corrected chi connectivity index (χ4v) is 1.77. The molecule has 1 aromatic carbocycles. The normalized spacial score (nSPS) is 9.64. The third kappa shape index (κ3) is 1.92. The van der Waals surface area contributed by atoms with Gasteiger partial charge in [0.25, 0.3) is 5.91 Å². The number of methoxy groups -OCH3 is 2. The van der Waals surface area contributed by atoms with Crippen LogP contribution in [0.25, 0.3) is 0 Å². The number of hydrogen-bond acceptors (Lipinski definition) is 3. The molecule has 0 aliphatic rings. The van der Waals surface area contributed by atoms with Crippen molar-refractivity contribution in [3.05, 3.63) is 21.3 Å². The van der Waals surface area contributed by atoms with Crippen LogP contribution < -0.4 is 15.2 Å². The lowest BCUT2D eigenvalue weighted by atomic mass is 10.2. The quantitative estimate of drug-likeness (QED) is 0.859. The summed E-state index contributed by atoms with van der Waals surface area (Å²) in [6.07, 6.45) is 0. The van der Waals surface area contributed by atoms with Crippen LogP contribution in [-0.4, -0.2) is 20.1 Å². The molecule has 0 aliphatic heterocycles. The summed E-state index contributed by atoms with van der Waals surface area (Å²) in [4.78, 5) is 11.0. The lowest BCUT2D eigenvalue weighted by molar-refractivity contribution is 0.0996. The molecule has 0 atom stereocenters. The molecule has 76 valence electrons. The SMILES string of the molecule is COc1c(I)ccc(C(N)=O)c1OC. The Hall–Kier alpha value is -0.980. The third-order valence-corrected chi connectivity index (χ3v) is 2.59. The Morgan fingerprint density at radius 3 is 2.29 bits per heavy atom. The van der Waals surface area contributed by atoms with Crippen LogP contribution in [0.1, 0.15) is 10.4 Å². The second kappa shape index (κ2) is 4.50. The van der Waals surface area contributed by atoms with Gasteiger partial charge in [-0.2, -0.15) is 0 Å². The zero-order chi connectivity index (χ0) is 10.7. The highest BCUT2D eigenvalue weighted by Gasteiger charge is 2.16. The molecule has 0 saturated heterocycles. The van der Waals surface area contributed by atoms with Gasteiger partial charge in [-0.3, -0.25) is 4.79 Å². The minimum atomic E-state index is -0.531. The van der Waals surface area contributed by atoms with Gasteiger partial charge in [0.1, 0.15) is 0 Å². The first kappa shape index (κ1) is 11.1. The van der Waals surface area contributed by atoms with E-state index in [1.54, 1.807) is 12.1 Å². The van der Waals surface area contributed by atoms with Gasteiger partial charge in [0.2, 0.25) is 0 Å². The number of amides is 1. The first-order valence-corrected chi connectivity index (χ1v) is 4.90. The van der Waals surface area contributed by atoms with E-state index in [1.807, 2.05) is 0 Å². The second-order valence-electron chi connectivity index (χ2n) is 2.53. The Kier molecular flexibility index (Phi) is 3.56. The molecule has 1 rings (SSSR count). The van der Waals surface area contributed by atoms with Crippen LogP contribution in [0, 0.1) is 3.57 Å². The molecule has 0 heterocycles. The van der Waals surface area contributed by atoms with Gasteiger partial charge in [0, 0.05) is 0 Å². The monoisotopic (exact) mass is 307 g/mol. The van der Waals surface area contributed by atoms with E-state index in [0.717, 1.165) is 3.57 Å². The van der Waals surface area contributed by atoms with Crippen molar-refractivity contribution in [3.63, 3.8) is 0 Å². The smallest absolute Gasteiger partial charge is 0.252 e. The molecule has 0 bridgehead atoms. The molecule has 0 unspecified atom stereocenters. The molecule has 2 N–H and O–H groups in total. The molecule has 14 heavy (non-hydrogen) atoms. The minimum absolute atomic E-state index is 0.324. The van der Waals surface area contributed by atoms with Crippen LogP contribution >= 0.6 is 22.6 Å². The summed E-state index contributed by atoms with van der Waals surface area (Å²) in [5.41, 5.74) is 5.51. The van der Waals surface area contributed by atoms with E-state index in [2.05, 4.69) is 22.6 Å². The molecular formula is C9H10INO3. The predicted octanol–water partition coefficient (Wildman–Crippen LogP) is 1.41. The summed E-state index contributed by atoms with van der Waals surface area (Å²) >= 11 is 2.09. The average molecular weight is 307 g/mol. The highest BCUT2D eigenvalue weighted by Crippen LogP contribution is 2.35. The van der Waals surface area contributed by atoms with Crippen LogP contribution in [0.15, 0.2) is 12.1 Å². The molecule has 0 radical (unpaired) electrons. The molecule has 0 saturated carbocycles. The highest BCUT2D eigenvalue weighted by atomic mass is 127. The maximum Gasteiger partial charge on any atom is 0.252 e. The van der Waals surface area contributed by atoms with Crippen LogP contribution in [0.3, 0.4) is 0 Å². The van der Waals surface area contributed by atoms with Crippen molar-refractivity contribution in [1.82, 2.24) is 0 Å². The van der Waals surface area contributed by atoms with Crippen LogP contribution in [0.5, 0.6) is 11.5 Å². The molecule has 1 amide bonds. The molecule has 0 spiro atoms. The maximum absolute atomic E-state index is 11.0. The Morgan fingerprint density at radius 2 is 1.86 bits per heavy atom. The van der Waals surface area contributed by atoms with Crippen molar-refractivity contribution in [3.8, 4) is 11.5 Å². The predicted molar refractivity (Wildman–Crippen MR) is 60.8 cm³/mol. The van der Waals surface area contributed by atoms with E-state index in [4.69, 9.17) is 15.2 Å². The molecule has 1 aromatic rings. The molecule has 0 fully saturated rings. The van der Waals surface area contributed by atoms with Gasteiger partial charge in [-0.1, -0.05) is 0 Å². The zero-order valence-corrected chi connectivity index (χ0v) is 9.99. The van der Waals surface area contributed by atoms with E-state index in [9.17, 15) is 4.79 Å². The standard InChI is InChI=1S/C9H10INO3/c1-13-7-5(9(11)12)3-4-6(10)8(7)14-2/h3-4H,1-2H3,(H2,11,12). The van der Waals surface area contributed by atoms with Crippen molar-refractivity contribution in [2.75, 3.05) is 14.2 Å². The summed E-state index contributed by atoms with van der Waals surface area (Å²) < 4.78 is 11.1. The summed E-state index contributed by atoms with van der Waals surface area (Å²) in [6, 6.07) is 3.37. The van der Waals surface area contributed by atoms with Gasteiger partial charge in [-0.05, 0) is 34.7 Å². The highest BCUT2D eigenvalue weighted by molar-refractivity contribution is 14.1. The first-order valence-electron chi connectivity index (χ1n) is 3.82. The van der Waals surface area contributed by atoms with Crippen molar-refractivity contribution in [2.24, 2.45) is 5.73 Å². The molecular weight excluding hydrogens is 297 g/mol. The van der Waals surface area contributed by atoms with Gasteiger partial charge in [-0.15, -0.1) is 0 Å². The number of benzene rings is 1. The third-order valence-electron chi connectivity index (χ3n) is 1.74. The van der Waals surface area contributed by atoms with E-state index in [-0.39, 0.29) is 0 Å². The van der Waals surface area contributed by atoms with Gasteiger partial charge in [-0.25, -0.2) is 0 Å². The number of halogens is 1. The average Bonchev–Trinajstić information content (AvgIpc) is 2.16. The van der Waals surface area contributed by atoms with Crippen molar-refractivity contribution < 1.29 is 14.3 Å². The van der Waals surface area contributed by atoms with Crippen LogP contribution in [-0.2, 0) is 0 Å². The van der Waals surface area contributed by atoms with Gasteiger partial charge >= 0.3 is 0 Å². The molecule has 5 heteroatoms. The fourth-order valence-electron chi connectivity index (χ4n) is 1.13. The van der Waals surface area contributed by atoms with E-state index in [0.29, 0.717) is 17.1 Å². The maximum atomic E-state index is 11.0. The van der Waals surface area contributed by atoms with E-state index in [1.165, 1.54) is 14.2 Å². The Labute approximate surface area is 95.5 Å². The number of ether oxygens (including phenoxy) is 2. The minimum Gasteiger partial charge on any atom is -0.492 e. The van der Waals surface area contributed by atoms with E-state index < -0.39 is 5.91 Å². The van der Waals surface area contributed by atoms with Gasteiger partial charge < -0.3 is 15.2 Å². The lowest BCUT2D eigenvalue weighted by Gasteiger charge is -2.11. The fraction of sp³-hybridized carbons (Fsp3) is 0.222. The van der Waals surface area contributed by atoms with Crippen molar-refractivity contribution in [2.45, 2.75) is 0 Å². The summed E-state index contributed by atoms with van der Waals surface area (Å²) in [7, 11) is 2.99. The number of hydrogen-bond donors (Lipinski definition) is 1. The number of carbonyl (C=O) groups excluding carboxylic acids is 1. The summed E-state index contributed by atoms with van der Waals surface area (Å²) in [5, 5.41) is 0. The van der Waals surface area contributed by atoms with E-state index >= 15 is 0 Å². The summed E-state index contributed by atoms with van der Waals surface area (Å²) in [5.74, 6) is 0.382. The van der Waals surface area contributed by atoms with Crippen LogP contribution in [0.2, 0.25) is 0 Å². The Bertz CT molecular complexity index is 365. The van der Waals surface area contributed by atoms with Crippen molar-refractivity contribution >= 4 is 28.5 Å². The largest absolute Gasteiger partial charge is 0.492 e. The second-order valence-corrected chi connectivity index (χ2v) is 3.69. The van der Waals surface area contributed by atoms with Gasteiger partial charge in [0.05, 0.1) is 23.4 Å². The Balaban J connectivity index is 3.40. The zero-order valence-electron chi connectivity index (χ0n) is 7.83. The number of primary amides is 1. The number of carbonyl (C=O) groups is 1. The first-order chi connectivity index (χ1) is 6.61. The van der Waals surface area contributed by atoms with Crippen molar-refractivity contribution in [1.29, 1.82) is 0 Å². The van der Waals surface area contributed by atoms with Gasteiger partial charge in [0.15, 0.2) is 11.5 Å². The molecule has 0 aliphatic carbocycles. The topological polar surface area (TPSA) is 61.5 Å². The molecule has 0 aromatic heterocycles.